The van der Waals surface area contributed by atoms with Crippen LogP contribution in [-0.2, 0) is 16.1 Å². The molecule has 3 heterocycles. The van der Waals surface area contributed by atoms with Gasteiger partial charge in [-0.05, 0) is 50.3 Å². The van der Waals surface area contributed by atoms with E-state index in [0.29, 0.717) is 27.4 Å². The number of carbonyl (C=O) groups excluding carboxylic acids is 2. The molecule has 0 spiro atoms. The fourth-order valence-electron chi connectivity index (χ4n) is 3.76. The summed E-state index contributed by atoms with van der Waals surface area (Å²) >= 11 is 2.52. The normalized spacial score (nSPS) is 11.3. The summed E-state index contributed by atoms with van der Waals surface area (Å²) in [6.07, 6.45) is 1.40. The van der Waals surface area contributed by atoms with Gasteiger partial charge in [-0.25, -0.2) is 14.8 Å². The molecule has 188 valence electrons. The minimum Gasteiger partial charge on any atom is -0.461 e. The van der Waals surface area contributed by atoms with Crippen LogP contribution in [0.25, 0.3) is 21.3 Å². The Hall–Kier alpha value is -3.37. The number of thiazole rings is 1. The SMILES string of the molecule is Cc1ccc(-c2c(C)sc3ncn(CC(=O)Nc4nc(C)c(C(=O)OCC(C)C)s4)c(=O)c23)cc1C. The second-order valence-electron chi connectivity index (χ2n) is 9.16. The molecule has 8 nitrogen and oxygen atoms in total. The average molecular weight is 525 g/mol. The first-order valence-corrected chi connectivity index (χ1v) is 13.2. The molecule has 1 amide bonds. The van der Waals surface area contributed by atoms with Crippen LogP contribution in [0.1, 0.15) is 45.2 Å². The number of fused-ring (bicyclic) bond motifs is 1. The molecular weight excluding hydrogens is 496 g/mol. The topological polar surface area (TPSA) is 103 Å². The highest BCUT2D eigenvalue weighted by atomic mass is 32.1. The van der Waals surface area contributed by atoms with E-state index in [1.807, 2.05) is 46.8 Å². The smallest absolute Gasteiger partial charge is 0.350 e. The van der Waals surface area contributed by atoms with Crippen LogP contribution in [-0.4, -0.2) is 33.0 Å². The van der Waals surface area contributed by atoms with Crippen LogP contribution in [0.3, 0.4) is 0 Å². The van der Waals surface area contributed by atoms with Crippen LogP contribution >= 0.6 is 22.7 Å². The molecule has 4 aromatic rings. The molecule has 0 aliphatic rings. The maximum Gasteiger partial charge on any atom is 0.350 e. The minimum absolute atomic E-state index is 0.216. The molecule has 3 aromatic heterocycles. The van der Waals surface area contributed by atoms with E-state index in [1.165, 1.54) is 27.8 Å². The third-order valence-electron chi connectivity index (χ3n) is 5.74. The summed E-state index contributed by atoms with van der Waals surface area (Å²) in [5, 5.41) is 3.47. The van der Waals surface area contributed by atoms with Gasteiger partial charge in [0.1, 0.15) is 16.3 Å². The molecule has 0 fully saturated rings. The Bertz CT molecular complexity index is 1530. The minimum atomic E-state index is -0.461. The highest BCUT2D eigenvalue weighted by Crippen LogP contribution is 2.36. The Labute approximate surface area is 217 Å². The van der Waals surface area contributed by atoms with E-state index in [4.69, 9.17) is 4.74 Å². The number of hydrogen-bond donors (Lipinski definition) is 1. The molecule has 0 saturated heterocycles. The first-order chi connectivity index (χ1) is 17.0. The maximum atomic E-state index is 13.4. The van der Waals surface area contributed by atoms with E-state index < -0.39 is 11.9 Å². The quantitative estimate of drug-likeness (QED) is 0.331. The van der Waals surface area contributed by atoms with E-state index in [0.717, 1.165) is 32.9 Å². The maximum absolute atomic E-state index is 13.4. The first kappa shape index (κ1) is 25.7. The van der Waals surface area contributed by atoms with Crippen molar-refractivity contribution < 1.29 is 14.3 Å². The van der Waals surface area contributed by atoms with E-state index in [-0.39, 0.29) is 23.2 Å². The lowest BCUT2D eigenvalue weighted by molar-refractivity contribution is -0.116. The molecule has 0 unspecified atom stereocenters. The van der Waals surface area contributed by atoms with E-state index in [9.17, 15) is 14.4 Å². The molecule has 1 aromatic carbocycles. The molecule has 10 heteroatoms. The van der Waals surface area contributed by atoms with E-state index >= 15 is 0 Å². The summed E-state index contributed by atoms with van der Waals surface area (Å²) in [6.45, 7) is 11.7. The number of aromatic nitrogens is 3. The van der Waals surface area contributed by atoms with Crippen molar-refractivity contribution >= 4 is 49.9 Å². The highest BCUT2D eigenvalue weighted by molar-refractivity contribution is 7.19. The van der Waals surface area contributed by atoms with Crippen molar-refractivity contribution in [1.29, 1.82) is 0 Å². The Morgan fingerprint density at radius 3 is 2.56 bits per heavy atom. The van der Waals surface area contributed by atoms with Gasteiger partial charge in [-0.1, -0.05) is 43.4 Å². The second-order valence-corrected chi connectivity index (χ2v) is 11.4. The zero-order valence-electron chi connectivity index (χ0n) is 21.1. The van der Waals surface area contributed by atoms with Crippen LogP contribution in [0.5, 0.6) is 0 Å². The lowest BCUT2D eigenvalue weighted by atomic mass is 9.99. The molecule has 4 rings (SSSR count). The lowest BCUT2D eigenvalue weighted by Crippen LogP contribution is -2.27. The van der Waals surface area contributed by atoms with Gasteiger partial charge < -0.3 is 10.1 Å². The standard InChI is InChI=1S/C26H28N4O4S2/c1-13(2)11-34-25(33)22-16(5)28-26(36-22)29-19(31)10-30-12-27-23-21(24(30)32)20(17(6)35-23)18-8-7-14(3)15(4)9-18/h7-9,12-13H,10-11H2,1-6H3,(H,28,29,31). The van der Waals surface area contributed by atoms with Crippen LogP contribution in [0.4, 0.5) is 5.13 Å². The molecule has 0 aliphatic carbocycles. The summed E-state index contributed by atoms with van der Waals surface area (Å²) in [6, 6.07) is 6.12. The zero-order chi connectivity index (χ0) is 26.1. The third-order valence-corrected chi connectivity index (χ3v) is 7.81. The van der Waals surface area contributed by atoms with Gasteiger partial charge >= 0.3 is 5.97 Å². The molecule has 0 bridgehead atoms. The summed E-state index contributed by atoms with van der Waals surface area (Å²) in [4.78, 5) is 49.2. The van der Waals surface area contributed by atoms with Crippen molar-refractivity contribution in [2.24, 2.45) is 5.92 Å². The van der Waals surface area contributed by atoms with Crippen LogP contribution in [0, 0.1) is 33.6 Å². The molecule has 0 radical (unpaired) electrons. The third kappa shape index (κ3) is 5.24. The van der Waals surface area contributed by atoms with Crippen LogP contribution in [0.2, 0.25) is 0 Å². The van der Waals surface area contributed by atoms with Gasteiger partial charge in [-0.2, -0.15) is 0 Å². The zero-order valence-corrected chi connectivity index (χ0v) is 22.7. The number of carbonyl (C=O) groups is 2. The molecule has 0 aliphatic heterocycles. The summed E-state index contributed by atoms with van der Waals surface area (Å²) < 4.78 is 6.57. The largest absolute Gasteiger partial charge is 0.461 e. The number of nitrogens with one attached hydrogen (secondary N) is 1. The average Bonchev–Trinajstić information content (AvgIpc) is 3.35. The van der Waals surface area contributed by atoms with E-state index in [2.05, 4.69) is 21.4 Å². The predicted molar refractivity (Wildman–Crippen MR) is 144 cm³/mol. The fourth-order valence-corrected chi connectivity index (χ4v) is 5.64. The van der Waals surface area contributed by atoms with Gasteiger partial charge in [-0.3, -0.25) is 14.2 Å². The second kappa shape index (κ2) is 10.3. The van der Waals surface area contributed by atoms with Crippen molar-refractivity contribution in [3.05, 3.63) is 61.5 Å². The van der Waals surface area contributed by atoms with Crippen LogP contribution < -0.4 is 10.9 Å². The van der Waals surface area contributed by atoms with Crippen molar-refractivity contribution in [1.82, 2.24) is 14.5 Å². The van der Waals surface area contributed by atoms with Gasteiger partial charge in [0.05, 0.1) is 24.0 Å². The Kier molecular flexibility index (Phi) is 7.37. The fraction of sp³-hybridized carbons (Fsp3) is 0.346. The number of amides is 1. The van der Waals surface area contributed by atoms with Gasteiger partial charge in [-0.15, -0.1) is 11.3 Å². The summed E-state index contributed by atoms with van der Waals surface area (Å²) in [5.74, 6) is -0.682. The molecule has 0 atom stereocenters. The number of ether oxygens (including phenoxy) is 1. The summed E-state index contributed by atoms with van der Waals surface area (Å²) in [5.41, 5.74) is 4.33. The first-order valence-electron chi connectivity index (χ1n) is 11.6. The molecule has 36 heavy (non-hydrogen) atoms. The molecule has 0 saturated carbocycles. The number of benzene rings is 1. The van der Waals surface area contributed by atoms with E-state index in [1.54, 1.807) is 6.92 Å². The number of thiophene rings is 1. The monoisotopic (exact) mass is 524 g/mol. The van der Waals surface area contributed by atoms with Crippen molar-refractivity contribution in [2.45, 2.75) is 48.1 Å². The number of nitrogens with zero attached hydrogens (tertiary/aromatic N) is 3. The number of esters is 1. The van der Waals surface area contributed by atoms with Gasteiger partial charge in [0.2, 0.25) is 5.91 Å². The van der Waals surface area contributed by atoms with Crippen molar-refractivity contribution in [3.63, 3.8) is 0 Å². The number of anilines is 1. The molecular formula is C26H28N4O4S2. The van der Waals surface area contributed by atoms with Crippen molar-refractivity contribution in [3.8, 4) is 11.1 Å². The highest BCUT2D eigenvalue weighted by Gasteiger charge is 2.20. The Balaban J connectivity index is 1.58. The van der Waals surface area contributed by atoms with Gasteiger partial charge in [0.25, 0.3) is 5.56 Å². The van der Waals surface area contributed by atoms with Gasteiger partial charge in [0, 0.05) is 10.4 Å². The number of rotatable bonds is 7. The Morgan fingerprint density at radius 2 is 1.86 bits per heavy atom. The summed E-state index contributed by atoms with van der Waals surface area (Å²) in [7, 11) is 0. The molecule has 1 N–H and O–H groups in total. The lowest BCUT2D eigenvalue weighted by Gasteiger charge is -2.08. The Morgan fingerprint density at radius 1 is 1.11 bits per heavy atom. The number of hydrogen-bond acceptors (Lipinski definition) is 8. The van der Waals surface area contributed by atoms with Crippen molar-refractivity contribution in [2.75, 3.05) is 11.9 Å². The predicted octanol–water partition coefficient (Wildman–Crippen LogP) is 5.27. The van der Waals surface area contributed by atoms with Gasteiger partial charge in [0.15, 0.2) is 5.13 Å². The number of aryl methyl sites for hydroxylation is 4. The van der Waals surface area contributed by atoms with Crippen LogP contribution in [0.15, 0.2) is 29.3 Å².